The standard InChI is InChI=1S/CHN4O/c6-5-3-1-2-4-5/h1H. The first-order chi connectivity index (χ1) is 2.89. The molecule has 0 spiro atoms. The maximum absolute atomic E-state index is 9.70. The zero-order valence-corrected chi connectivity index (χ0v) is 2.77. The normalized spacial score (nSPS) is 8.67. The van der Waals surface area contributed by atoms with Crippen LogP contribution in [-0.4, -0.2) is 20.4 Å². The Bertz CT molecular complexity index is 111. The second-order valence-electron chi connectivity index (χ2n) is 0.689. The third kappa shape index (κ3) is 0.291. The summed E-state index contributed by atoms with van der Waals surface area (Å²) in [6.07, 6.45) is 1.08. The van der Waals surface area contributed by atoms with Crippen LogP contribution in [0.2, 0.25) is 0 Å². The molecule has 1 heterocycles. The van der Waals surface area contributed by atoms with Crippen LogP contribution in [-0.2, 0) is 5.21 Å². The molecule has 0 aromatic carbocycles. The van der Waals surface area contributed by atoms with Gasteiger partial charge in [0.25, 0.3) is 0 Å². The summed E-state index contributed by atoms with van der Waals surface area (Å²) in [5.41, 5.74) is 0. The molecule has 0 saturated heterocycles. The summed E-state index contributed by atoms with van der Waals surface area (Å²) in [5, 5.41) is 18.8. The van der Waals surface area contributed by atoms with E-state index in [1.807, 2.05) is 0 Å². The lowest BCUT2D eigenvalue weighted by molar-refractivity contribution is 0.0233. The Morgan fingerprint density at radius 2 is 2.50 bits per heavy atom. The summed E-state index contributed by atoms with van der Waals surface area (Å²) in [5.74, 6) is 0. The topological polar surface area (TPSA) is 63.5 Å². The van der Waals surface area contributed by atoms with Gasteiger partial charge >= 0.3 is 0 Å². The first-order valence-corrected chi connectivity index (χ1v) is 1.30. The van der Waals surface area contributed by atoms with Crippen LogP contribution in [0.5, 0.6) is 0 Å². The van der Waals surface area contributed by atoms with Crippen molar-refractivity contribution in [3.8, 4) is 0 Å². The highest BCUT2D eigenvalue weighted by atomic mass is 16.5. The van der Waals surface area contributed by atoms with E-state index < -0.39 is 0 Å². The highest BCUT2D eigenvalue weighted by Gasteiger charge is 1.78. The minimum absolute atomic E-state index is 0.139. The Morgan fingerprint density at radius 1 is 1.67 bits per heavy atom. The van der Waals surface area contributed by atoms with Crippen LogP contribution in [0.1, 0.15) is 0 Å². The first-order valence-electron chi connectivity index (χ1n) is 1.30. The maximum Gasteiger partial charge on any atom is 0.165 e. The van der Waals surface area contributed by atoms with Gasteiger partial charge in [0.05, 0.1) is 4.96 Å². The summed E-state index contributed by atoms with van der Waals surface area (Å²) >= 11 is 0. The molecule has 31 valence electrons. The molecular weight excluding hydrogens is 84.0 g/mol. The zero-order chi connectivity index (χ0) is 4.41. The average Bonchev–Trinajstić information content (AvgIpc) is 1.86. The monoisotopic (exact) mass is 85.0 g/mol. The maximum atomic E-state index is 9.70. The largest absolute Gasteiger partial charge is 0.165 e. The highest BCUT2D eigenvalue weighted by Crippen LogP contribution is 1.56. The molecule has 0 N–H and O–H groups in total. The smallest absolute Gasteiger partial charge is 0.124 e. The van der Waals surface area contributed by atoms with Crippen molar-refractivity contribution in [2.24, 2.45) is 0 Å². The number of hydrogen-bond acceptors (Lipinski definition) is 3. The summed E-state index contributed by atoms with van der Waals surface area (Å²) in [4.78, 5) is 0.139. The molecule has 6 heavy (non-hydrogen) atoms. The third-order valence-electron chi connectivity index (χ3n) is 0.330. The predicted octanol–water partition coefficient (Wildman–Crippen LogP) is -1.13. The van der Waals surface area contributed by atoms with Crippen molar-refractivity contribution in [2.45, 2.75) is 0 Å². The van der Waals surface area contributed by atoms with Gasteiger partial charge in [0.2, 0.25) is 0 Å². The number of aromatic nitrogens is 4. The lowest BCUT2D eigenvalue weighted by atomic mass is 11.4. The van der Waals surface area contributed by atoms with E-state index in [1.54, 1.807) is 0 Å². The Kier molecular flexibility index (Phi) is 0.474. The van der Waals surface area contributed by atoms with Gasteiger partial charge in [0.1, 0.15) is 0 Å². The van der Waals surface area contributed by atoms with E-state index >= 15 is 0 Å². The molecule has 1 aromatic heterocycles. The van der Waals surface area contributed by atoms with Crippen molar-refractivity contribution < 1.29 is 5.21 Å². The summed E-state index contributed by atoms with van der Waals surface area (Å²) in [6, 6.07) is 0. The van der Waals surface area contributed by atoms with Crippen LogP contribution < -0.4 is 0 Å². The number of tetrazole rings is 1. The van der Waals surface area contributed by atoms with Crippen molar-refractivity contribution in [2.75, 3.05) is 0 Å². The van der Waals surface area contributed by atoms with Crippen LogP contribution in [0.15, 0.2) is 6.33 Å². The van der Waals surface area contributed by atoms with Crippen molar-refractivity contribution in [1.82, 2.24) is 20.4 Å². The van der Waals surface area contributed by atoms with E-state index in [1.165, 1.54) is 0 Å². The number of nitrogens with zero attached hydrogens (tertiary/aromatic N) is 4. The van der Waals surface area contributed by atoms with E-state index in [0.29, 0.717) is 0 Å². The molecule has 0 unspecified atom stereocenters. The Labute approximate surface area is 33.2 Å². The molecule has 1 aromatic rings. The number of hydrogen-bond donors (Lipinski definition) is 0. The van der Waals surface area contributed by atoms with Gasteiger partial charge < -0.3 is 0 Å². The lowest BCUT2D eigenvalue weighted by Crippen LogP contribution is -1.90. The van der Waals surface area contributed by atoms with E-state index in [0.717, 1.165) is 6.33 Å². The SMILES string of the molecule is [O]n1ncnn1. The van der Waals surface area contributed by atoms with Gasteiger partial charge in [-0.3, -0.25) is 0 Å². The quantitative estimate of drug-likeness (QED) is 0.400. The minimum atomic E-state index is 0.139. The van der Waals surface area contributed by atoms with Crippen LogP contribution >= 0.6 is 0 Å². The molecule has 0 atom stereocenters. The van der Waals surface area contributed by atoms with Gasteiger partial charge in [0, 0.05) is 0 Å². The van der Waals surface area contributed by atoms with Gasteiger partial charge in [-0.2, -0.15) is 0 Å². The van der Waals surface area contributed by atoms with E-state index in [2.05, 4.69) is 15.4 Å². The summed E-state index contributed by atoms with van der Waals surface area (Å²) in [7, 11) is 0. The van der Waals surface area contributed by atoms with Gasteiger partial charge in [-0.25, -0.2) is 0 Å². The molecule has 0 aliphatic heterocycles. The molecule has 0 saturated carbocycles. The molecule has 5 nitrogen and oxygen atoms in total. The molecule has 1 rings (SSSR count). The van der Waals surface area contributed by atoms with E-state index in [-0.39, 0.29) is 4.96 Å². The Morgan fingerprint density at radius 3 is 2.67 bits per heavy atom. The van der Waals surface area contributed by atoms with Crippen LogP contribution in [0.3, 0.4) is 0 Å². The van der Waals surface area contributed by atoms with Gasteiger partial charge in [-0.05, 0) is 5.21 Å². The van der Waals surface area contributed by atoms with Gasteiger partial charge in [0.15, 0.2) is 6.33 Å². The predicted molar refractivity (Wildman–Crippen MR) is 13.9 cm³/mol. The fraction of sp³-hybridized carbons (Fsp3) is 0. The molecule has 0 aliphatic rings. The molecule has 0 bridgehead atoms. The molecule has 0 amide bonds. The van der Waals surface area contributed by atoms with E-state index in [9.17, 15) is 5.21 Å². The summed E-state index contributed by atoms with van der Waals surface area (Å²) < 4.78 is 0. The van der Waals surface area contributed by atoms with Crippen LogP contribution in [0, 0.1) is 0 Å². The van der Waals surface area contributed by atoms with Crippen molar-refractivity contribution in [3.63, 3.8) is 0 Å². The minimum Gasteiger partial charge on any atom is -0.124 e. The van der Waals surface area contributed by atoms with Gasteiger partial charge in [-0.1, -0.05) is 5.10 Å². The molecular formula is CHN4O. The third-order valence-corrected chi connectivity index (χ3v) is 0.330. The average molecular weight is 85.0 g/mol. The molecule has 0 fully saturated rings. The van der Waals surface area contributed by atoms with Gasteiger partial charge in [-0.15, -0.1) is 10.3 Å². The molecule has 0 aliphatic carbocycles. The van der Waals surface area contributed by atoms with Crippen molar-refractivity contribution in [1.29, 1.82) is 0 Å². The number of rotatable bonds is 0. The second-order valence-corrected chi connectivity index (χ2v) is 0.689. The van der Waals surface area contributed by atoms with Crippen molar-refractivity contribution >= 4 is 0 Å². The van der Waals surface area contributed by atoms with E-state index in [4.69, 9.17) is 0 Å². The Hall–Kier alpha value is -1.13. The van der Waals surface area contributed by atoms with Crippen LogP contribution in [0.25, 0.3) is 0 Å². The molecule has 5 heteroatoms. The molecule has 1 radical (unpaired) electrons. The fourth-order valence-electron chi connectivity index (χ4n) is 0.158. The zero-order valence-electron chi connectivity index (χ0n) is 2.77. The lowest BCUT2D eigenvalue weighted by Gasteiger charge is -1.62. The Balaban J connectivity index is 3.05. The fourth-order valence-corrected chi connectivity index (χ4v) is 0.158. The second kappa shape index (κ2) is 0.925. The van der Waals surface area contributed by atoms with Crippen molar-refractivity contribution in [3.05, 3.63) is 6.33 Å². The first kappa shape index (κ1) is 3.08. The van der Waals surface area contributed by atoms with Crippen LogP contribution in [0.4, 0.5) is 0 Å². The highest BCUT2D eigenvalue weighted by molar-refractivity contribution is 4.27. The summed E-state index contributed by atoms with van der Waals surface area (Å²) in [6.45, 7) is 0.